The van der Waals surface area contributed by atoms with E-state index in [1.54, 1.807) is 0 Å². The van der Waals surface area contributed by atoms with Crippen LogP contribution in [-0.4, -0.2) is 41.4 Å². The van der Waals surface area contributed by atoms with E-state index < -0.39 is 0 Å². The van der Waals surface area contributed by atoms with Crippen LogP contribution < -0.4 is 5.73 Å². The van der Waals surface area contributed by atoms with Crippen LogP contribution in [0.5, 0.6) is 0 Å². The van der Waals surface area contributed by atoms with Gasteiger partial charge in [-0.1, -0.05) is 0 Å². The topological polar surface area (TPSA) is 47.1 Å². The first-order chi connectivity index (χ1) is 7.60. The van der Waals surface area contributed by atoms with Crippen LogP contribution in [0.25, 0.3) is 0 Å². The van der Waals surface area contributed by atoms with Gasteiger partial charge < -0.3 is 10.6 Å². The van der Waals surface area contributed by atoms with E-state index in [1.807, 2.05) is 0 Å². The molecule has 0 radical (unpaired) electrons. The molecule has 1 aromatic rings. The molecule has 0 fully saturated rings. The van der Waals surface area contributed by atoms with Crippen LogP contribution in [-0.2, 0) is 13.0 Å². The molecule has 92 valence electrons. The molecule has 16 heavy (non-hydrogen) atoms. The average molecular weight is 224 g/mol. The molecule has 0 unspecified atom stereocenters. The third-order valence-corrected chi connectivity index (χ3v) is 3.09. The molecule has 0 aliphatic rings. The van der Waals surface area contributed by atoms with Crippen molar-refractivity contribution in [2.24, 2.45) is 5.73 Å². The molecule has 0 atom stereocenters. The summed E-state index contributed by atoms with van der Waals surface area (Å²) in [6, 6.07) is 0. The maximum Gasteiger partial charge on any atom is 0.0628 e. The Morgan fingerprint density at radius 3 is 2.50 bits per heavy atom. The van der Waals surface area contributed by atoms with E-state index in [-0.39, 0.29) is 0 Å². The van der Waals surface area contributed by atoms with Gasteiger partial charge in [0.2, 0.25) is 0 Å². The van der Waals surface area contributed by atoms with E-state index in [4.69, 9.17) is 5.73 Å². The van der Waals surface area contributed by atoms with Gasteiger partial charge in [0, 0.05) is 31.9 Å². The molecule has 0 aliphatic carbocycles. The zero-order valence-corrected chi connectivity index (χ0v) is 11.0. The summed E-state index contributed by atoms with van der Waals surface area (Å²) in [5, 5.41) is 4.53. The zero-order valence-electron chi connectivity index (χ0n) is 11.0. The maximum absolute atomic E-state index is 5.53. The Hall–Kier alpha value is -0.870. The summed E-state index contributed by atoms with van der Waals surface area (Å²) in [4.78, 5) is 2.27. The molecule has 1 rings (SSSR count). The number of likely N-dealkylation sites (N-methyl/N-ethyl adjacent to an activating group) is 1. The predicted molar refractivity (Wildman–Crippen MR) is 67.6 cm³/mol. The second kappa shape index (κ2) is 6.01. The van der Waals surface area contributed by atoms with Crippen LogP contribution in [0.4, 0.5) is 0 Å². The average Bonchev–Trinajstić information content (AvgIpc) is 2.52. The molecule has 4 heteroatoms. The lowest BCUT2D eigenvalue weighted by molar-refractivity contribution is 0.347. The summed E-state index contributed by atoms with van der Waals surface area (Å²) < 4.78 is 2.08. The molecule has 2 N–H and O–H groups in total. The fraction of sp³-hybridized carbons (Fsp3) is 0.750. The Morgan fingerprint density at radius 2 is 2.00 bits per heavy atom. The van der Waals surface area contributed by atoms with Crippen molar-refractivity contribution in [2.75, 3.05) is 26.7 Å². The monoisotopic (exact) mass is 224 g/mol. The fourth-order valence-corrected chi connectivity index (χ4v) is 2.04. The first-order valence-corrected chi connectivity index (χ1v) is 6.01. The SMILES string of the molecule is CCn1nc(C)c(CCN(C)CCN)c1C. The summed E-state index contributed by atoms with van der Waals surface area (Å²) in [6.07, 6.45) is 1.06. The van der Waals surface area contributed by atoms with E-state index in [2.05, 4.69) is 42.5 Å². The van der Waals surface area contributed by atoms with Gasteiger partial charge in [-0.3, -0.25) is 4.68 Å². The van der Waals surface area contributed by atoms with Crippen molar-refractivity contribution in [1.82, 2.24) is 14.7 Å². The van der Waals surface area contributed by atoms with E-state index in [1.165, 1.54) is 17.0 Å². The van der Waals surface area contributed by atoms with E-state index >= 15 is 0 Å². The number of rotatable bonds is 6. The minimum atomic E-state index is 0.725. The van der Waals surface area contributed by atoms with Gasteiger partial charge in [0.1, 0.15) is 0 Å². The van der Waals surface area contributed by atoms with Gasteiger partial charge in [-0.2, -0.15) is 5.10 Å². The minimum Gasteiger partial charge on any atom is -0.329 e. The van der Waals surface area contributed by atoms with Gasteiger partial charge in [-0.25, -0.2) is 0 Å². The van der Waals surface area contributed by atoms with Crippen LogP contribution in [0.3, 0.4) is 0 Å². The number of hydrogen-bond acceptors (Lipinski definition) is 3. The van der Waals surface area contributed by atoms with Crippen molar-refractivity contribution in [3.63, 3.8) is 0 Å². The lowest BCUT2D eigenvalue weighted by atomic mass is 10.1. The summed E-state index contributed by atoms with van der Waals surface area (Å²) >= 11 is 0. The summed E-state index contributed by atoms with van der Waals surface area (Å²) in [7, 11) is 2.11. The number of nitrogens with zero attached hydrogens (tertiary/aromatic N) is 3. The summed E-state index contributed by atoms with van der Waals surface area (Å²) in [6.45, 7) is 10.1. The van der Waals surface area contributed by atoms with E-state index in [0.717, 1.165) is 32.6 Å². The van der Waals surface area contributed by atoms with E-state index in [9.17, 15) is 0 Å². The highest BCUT2D eigenvalue weighted by Crippen LogP contribution is 2.13. The largest absolute Gasteiger partial charge is 0.329 e. The molecule has 0 aromatic carbocycles. The highest BCUT2D eigenvalue weighted by atomic mass is 15.3. The third-order valence-electron chi connectivity index (χ3n) is 3.09. The zero-order chi connectivity index (χ0) is 12.1. The highest BCUT2D eigenvalue weighted by molar-refractivity contribution is 5.24. The van der Waals surface area contributed by atoms with Crippen molar-refractivity contribution in [3.8, 4) is 0 Å². The van der Waals surface area contributed by atoms with Gasteiger partial charge in [0.25, 0.3) is 0 Å². The molecule has 0 spiro atoms. The highest BCUT2D eigenvalue weighted by Gasteiger charge is 2.10. The second-order valence-electron chi connectivity index (χ2n) is 4.31. The smallest absolute Gasteiger partial charge is 0.0628 e. The quantitative estimate of drug-likeness (QED) is 0.782. The number of nitrogens with two attached hydrogens (primary N) is 1. The predicted octanol–water partition coefficient (Wildman–Crippen LogP) is 0.953. The number of aromatic nitrogens is 2. The lowest BCUT2D eigenvalue weighted by Gasteiger charge is -2.15. The normalized spacial score (nSPS) is 11.4. The van der Waals surface area contributed by atoms with Gasteiger partial charge in [0.05, 0.1) is 5.69 Å². The van der Waals surface area contributed by atoms with Crippen molar-refractivity contribution in [3.05, 3.63) is 17.0 Å². The standard InChI is InChI=1S/C12H24N4/c1-5-16-11(3)12(10(2)14-16)6-8-15(4)9-7-13/h5-9,13H2,1-4H3. The molecule has 1 aromatic heterocycles. The van der Waals surface area contributed by atoms with E-state index in [0.29, 0.717) is 0 Å². The number of hydrogen-bond donors (Lipinski definition) is 1. The van der Waals surface area contributed by atoms with Crippen LogP contribution >= 0.6 is 0 Å². The summed E-state index contributed by atoms with van der Waals surface area (Å²) in [5.74, 6) is 0. The van der Waals surface area contributed by atoms with Crippen molar-refractivity contribution in [2.45, 2.75) is 33.7 Å². The van der Waals surface area contributed by atoms with Crippen LogP contribution in [0.15, 0.2) is 0 Å². The Balaban J connectivity index is 2.63. The first kappa shape index (κ1) is 13.2. The second-order valence-corrected chi connectivity index (χ2v) is 4.31. The molecule has 0 saturated carbocycles. The van der Waals surface area contributed by atoms with Crippen molar-refractivity contribution >= 4 is 0 Å². The van der Waals surface area contributed by atoms with Gasteiger partial charge in [0.15, 0.2) is 0 Å². The Morgan fingerprint density at radius 1 is 1.31 bits per heavy atom. The van der Waals surface area contributed by atoms with Crippen molar-refractivity contribution < 1.29 is 0 Å². The van der Waals surface area contributed by atoms with Crippen LogP contribution in [0.1, 0.15) is 23.9 Å². The minimum absolute atomic E-state index is 0.725. The molecular weight excluding hydrogens is 200 g/mol. The molecule has 0 aliphatic heterocycles. The molecule has 4 nitrogen and oxygen atoms in total. The fourth-order valence-electron chi connectivity index (χ4n) is 2.04. The number of aryl methyl sites for hydroxylation is 2. The third kappa shape index (κ3) is 3.06. The van der Waals surface area contributed by atoms with Gasteiger partial charge >= 0.3 is 0 Å². The van der Waals surface area contributed by atoms with Crippen LogP contribution in [0, 0.1) is 13.8 Å². The Bertz CT molecular complexity index is 330. The molecular formula is C12H24N4. The van der Waals surface area contributed by atoms with Gasteiger partial charge in [-0.15, -0.1) is 0 Å². The van der Waals surface area contributed by atoms with Crippen molar-refractivity contribution in [1.29, 1.82) is 0 Å². The van der Waals surface area contributed by atoms with Gasteiger partial charge in [-0.05, 0) is 39.8 Å². The summed E-state index contributed by atoms with van der Waals surface area (Å²) in [5.41, 5.74) is 9.39. The molecule has 0 bridgehead atoms. The maximum atomic E-state index is 5.53. The molecule has 0 amide bonds. The Labute approximate surface area is 98.4 Å². The first-order valence-electron chi connectivity index (χ1n) is 6.01. The molecule has 0 saturated heterocycles. The molecule has 1 heterocycles. The van der Waals surface area contributed by atoms with Crippen LogP contribution in [0.2, 0.25) is 0 Å². The Kier molecular flexibility index (Phi) is 4.96. The lowest BCUT2D eigenvalue weighted by Crippen LogP contribution is -2.27.